The van der Waals surface area contributed by atoms with E-state index in [-0.39, 0.29) is 28.7 Å². The minimum atomic E-state index is -0.245. The van der Waals surface area contributed by atoms with Gasteiger partial charge in [0.05, 0.1) is 72.7 Å². The lowest BCUT2D eigenvalue weighted by atomic mass is 10.0. The third-order valence-electron chi connectivity index (χ3n) is 13.0. The minimum absolute atomic E-state index is 0.0990. The van der Waals surface area contributed by atoms with Gasteiger partial charge in [-0.15, -0.1) is 0 Å². The fourth-order valence-electron chi connectivity index (χ4n) is 9.54. The highest BCUT2D eigenvalue weighted by Gasteiger charge is 2.32. The van der Waals surface area contributed by atoms with Crippen LogP contribution in [0, 0.1) is 34.0 Å². The van der Waals surface area contributed by atoms with Crippen LogP contribution in [0.2, 0.25) is 15.7 Å². The number of benzene rings is 1. The summed E-state index contributed by atoms with van der Waals surface area (Å²) in [6, 6.07) is 19.1. The number of morpholine rings is 2. The summed E-state index contributed by atoms with van der Waals surface area (Å²) in [7, 11) is 0. The van der Waals surface area contributed by atoms with Gasteiger partial charge in [0.15, 0.2) is 22.9 Å². The Labute approximate surface area is 439 Å². The number of hydrogen-bond donors (Lipinski definition) is 2. The molecule has 74 heavy (non-hydrogen) atoms. The largest absolute Gasteiger partial charge is 0.377 e. The number of halogens is 3. The van der Waals surface area contributed by atoms with Crippen molar-refractivity contribution in [2.24, 2.45) is 0 Å². The molecule has 0 bridgehead atoms. The number of hydrogen-bond acceptors (Lipinski definition) is 17. The molecule has 5 aliphatic heterocycles. The first-order valence-corrected chi connectivity index (χ1v) is 25.0. The number of fused-ring (bicyclic) bond motifs is 9. The number of urea groups is 1. The van der Waals surface area contributed by atoms with Crippen LogP contribution in [-0.2, 0) is 48.4 Å². The Balaban J connectivity index is 0.000000135. The first-order chi connectivity index (χ1) is 35.9. The summed E-state index contributed by atoms with van der Waals surface area (Å²) in [6.07, 6.45) is 2.19. The number of amides is 2. The first kappa shape index (κ1) is 49.8. The average molecular weight is 1060 g/mol. The van der Waals surface area contributed by atoms with Crippen LogP contribution in [-0.4, -0.2) is 123 Å². The van der Waals surface area contributed by atoms with Gasteiger partial charge in [-0.2, -0.15) is 31.1 Å². The van der Waals surface area contributed by atoms with Crippen molar-refractivity contribution in [1.82, 2.24) is 64.6 Å². The molecule has 2 amide bonds. The zero-order valence-electron chi connectivity index (χ0n) is 40.3. The van der Waals surface area contributed by atoms with E-state index in [0.717, 1.165) is 88.3 Å². The molecule has 7 aromatic rings. The zero-order valence-corrected chi connectivity index (χ0v) is 42.6. The third-order valence-corrected chi connectivity index (χ3v) is 13.7. The monoisotopic (exact) mass is 1050 g/mol. The van der Waals surface area contributed by atoms with Crippen LogP contribution >= 0.6 is 34.8 Å². The maximum atomic E-state index is 11.8. The Morgan fingerprint density at radius 1 is 0.635 bits per heavy atom. The Bertz CT molecular complexity index is 3430. The molecule has 0 radical (unpaired) electrons. The van der Waals surface area contributed by atoms with Crippen molar-refractivity contribution in [3.8, 4) is 63.8 Å². The molecule has 11 heterocycles. The highest BCUT2D eigenvalue weighted by atomic mass is 35.5. The van der Waals surface area contributed by atoms with E-state index in [2.05, 4.69) is 81.7 Å². The average Bonchev–Trinajstić information content (AvgIpc) is 4.17. The molecule has 25 heteroatoms. The van der Waals surface area contributed by atoms with Crippen LogP contribution in [0.15, 0.2) is 42.5 Å². The van der Waals surface area contributed by atoms with Crippen LogP contribution in [0.3, 0.4) is 0 Å². The molecule has 376 valence electrons. The van der Waals surface area contributed by atoms with Gasteiger partial charge >= 0.3 is 6.03 Å². The molecule has 2 N–H and O–H groups in total. The number of nitrogens with one attached hydrogen (secondary N) is 2. The van der Waals surface area contributed by atoms with Crippen molar-refractivity contribution in [3.05, 3.63) is 92.0 Å². The van der Waals surface area contributed by atoms with Crippen molar-refractivity contribution < 1.29 is 14.3 Å². The van der Waals surface area contributed by atoms with Crippen LogP contribution < -0.4 is 20.4 Å². The fourth-order valence-corrected chi connectivity index (χ4v) is 10.2. The maximum absolute atomic E-state index is 11.8. The van der Waals surface area contributed by atoms with E-state index >= 15 is 0 Å². The number of carbonyl (C=O) groups excluding carboxylic acids is 1. The zero-order chi connectivity index (χ0) is 51.6. The summed E-state index contributed by atoms with van der Waals surface area (Å²) >= 11 is 18.0. The van der Waals surface area contributed by atoms with E-state index in [1.807, 2.05) is 46.6 Å². The lowest BCUT2D eigenvalue weighted by molar-refractivity contribution is 0.0984. The van der Waals surface area contributed by atoms with E-state index in [1.165, 1.54) is 0 Å². The topological polar surface area (TPSA) is 268 Å². The van der Waals surface area contributed by atoms with Gasteiger partial charge in [0, 0.05) is 85.4 Å². The second kappa shape index (κ2) is 21.4. The van der Waals surface area contributed by atoms with E-state index in [9.17, 15) is 10.1 Å². The van der Waals surface area contributed by atoms with E-state index in [1.54, 1.807) is 22.9 Å². The summed E-state index contributed by atoms with van der Waals surface area (Å²) in [5, 5.41) is 46.3. The molecule has 2 fully saturated rings. The first-order valence-electron chi connectivity index (χ1n) is 23.9. The number of carbonyl (C=O) groups is 1. The second-order valence-corrected chi connectivity index (χ2v) is 18.8. The molecular weight excluding hydrogens is 1010 g/mol. The molecule has 1 aromatic carbocycles. The van der Waals surface area contributed by atoms with Crippen LogP contribution in [0.25, 0.3) is 45.6 Å². The number of aromatic nitrogens is 12. The lowest BCUT2D eigenvalue weighted by Crippen LogP contribution is -2.45. The van der Waals surface area contributed by atoms with Gasteiger partial charge < -0.3 is 29.9 Å². The van der Waals surface area contributed by atoms with Crippen LogP contribution in [0.5, 0.6) is 0 Å². The molecule has 0 saturated carbocycles. The Hall–Kier alpha value is -7.78. The van der Waals surface area contributed by atoms with E-state index < -0.39 is 0 Å². The molecule has 5 aliphatic rings. The van der Waals surface area contributed by atoms with Crippen molar-refractivity contribution in [2.75, 3.05) is 61.2 Å². The number of ether oxygens (including phenoxy) is 2. The lowest BCUT2D eigenvalue weighted by Gasteiger charge is -2.36. The highest BCUT2D eigenvalue weighted by molar-refractivity contribution is 6.32. The standard InChI is InChI=1S/C24H26N8O2.C15H15ClN6O.C10H5Cl2N5/c1-3-26-24(33)27-17-6-4-16(5-7-17)22-28-21-19(8-9-32-20(21)12-18(13-25)30-32)23(29-22)31-10-11-34-14-15(31)2;1-9-8-23-5-4-21(9)14-11-2-3-22-12(6-10(7-17)20-22)13(11)18-15(16)19-14;11-9-6-1-2-17-7(3-5(4-13)16-17)8(6)14-10(12)15-9/h4-7,12,15H,3,8-11,14H2,1-2H3,(H2,26,27,33);6,9H,2-5,8H2,1H3;3H,1-2H2/t15-;9-;/m00./s1. The molecule has 6 aromatic heterocycles. The number of rotatable bonds is 5. The summed E-state index contributed by atoms with van der Waals surface area (Å²) < 4.78 is 16.6. The number of nitriles is 3. The summed E-state index contributed by atoms with van der Waals surface area (Å²) in [5.41, 5.74) is 10.3. The molecule has 12 rings (SSSR count). The van der Waals surface area contributed by atoms with E-state index in [4.69, 9.17) is 64.8 Å². The summed E-state index contributed by atoms with van der Waals surface area (Å²) in [6.45, 7) is 12.9. The molecule has 0 spiro atoms. The summed E-state index contributed by atoms with van der Waals surface area (Å²) in [5.74, 6) is 2.37. The van der Waals surface area contributed by atoms with Gasteiger partial charge in [-0.1, -0.05) is 11.6 Å². The van der Waals surface area contributed by atoms with Crippen LogP contribution in [0.1, 0.15) is 54.5 Å². The predicted molar refractivity (Wildman–Crippen MR) is 273 cm³/mol. The Kier molecular flexibility index (Phi) is 14.4. The number of nitrogens with zero attached hydrogens (tertiary/aromatic N) is 17. The highest BCUT2D eigenvalue weighted by Crippen LogP contribution is 2.39. The van der Waals surface area contributed by atoms with Crippen molar-refractivity contribution in [3.63, 3.8) is 0 Å². The van der Waals surface area contributed by atoms with E-state index in [0.29, 0.717) is 98.5 Å². The molecule has 2 atom stereocenters. The molecule has 0 aliphatic carbocycles. The Morgan fingerprint density at radius 3 is 1.58 bits per heavy atom. The normalized spacial score (nSPS) is 16.9. The number of aryl methyl sites for hydroxylation is 3. The minimum Gasteiger partial charge on any atom is -0.377 e. The van der Waals surface area contributed by atoms with Gasteiger partial charge in [0.1, 0.15) is 35.0 Å². The van der Waals surface area contributed by atoms with Gasteiger partial charge in [-0.05, 0) is 87.5 Å². The third kappa shape index (κ3) is 10.00. The van der Waals surface area contributed by atoms with Crippen LogP contribution in [0.4, 0.5) is 22.1 Å². The summed E-state index contributed by atoms with van der Waals surface area (Å²) in [4.78, 5) is 43.3. The number of anilines is 3. The second-order valence-electron chi connectivity index (χ2n) is 17.7. The van der Waals surface area contributed by atoms with Gasteiger partial charge in [-0.25, -0.2) is 34.7 Å². The fraction of sp³-hybridized carbons (Fsp3) is 0.367. The predicted octanol–water partition coefficient (Wildman–Crippen LogP) is 6.52. The molecular formula is C49H46Cl3N19O3. The quantitative estimate of drug-likeness (QED) is 0.137. The molecule has 0 unspecified atom stereocenters. The SMILES string of the molecule is CCNC(=O)Nc1ccc(-c2nc3c(c(N4CCOC[C@@H]4C)n2)CCn2nc(C#N)cc2-3)cc1.C[C@H]1COCCN1c1nc(Cl)nc2c1CCn1nc(C#N)cc1-2.N#Cc1cc2n(n1)CCc1c(Cl)nc(Cl)nc1-2. The molecule has 2 saturated heterocycles. The van der Waals surface area contributed by atoms with Gasteiger partial charge in [-0.3, -0.25) is 14.0 Å². The maximum Gasteiger partial charge on any atom is 0.319 e. The van der Waals surface area contributed by atoms with Gasteiger partial charge in [0.25, 0.3) is 0 Å². The van der Waals surface area contributed by atoms with Crippen molar-refractivity contribution >= 4 is 58.2 Å². The molecule has 22 nitrogen and oxygen atoms in total. The smallest absolute Gasteiger partial charge is 0.319 e. The van der Waals surface area contributed by atoms with Gasteiger partial charge in [0.2, 0.25) is 10.6 Å². The Morgan fingerprint density at radius 2 is 1.09 bits per heavy atom. The van der Waals surface area contributed by atoms with Crippen molar-refractivity contribution in [2.45, 2.75) is 71.8 Å². The van der Waals surface area contributed by atoms with Crippen molar-refractivity contribution in [1.29, 1.82) is 15.8 Å².